The Morgan fingerprint density at radius 1 is 0.842 bits per heavy atom. The van der Waals surface area contributed by atoms with E-state index in [0.29, 0.717) is 12.2 Å². The van der Waals surface area contributed by atoms with Gasteiger partial charge in [-0.15, -0.1) is 0 Å². The Bertz CT molecular complexity index is 717. The number of fused-ring (bicyclic) bond motifs is 1. The molecule has 0 spiro atoms. The first kappa shape index (κ1) is 11.6. The van der Waals surface area contributed by atoms with Crippen molar-refractivity contribution in [2.24, 2.45) is 0 Å². The Labute approximate surface area is 112 Å². The quantitative estimate of drug-likeness (QED) is 0.680. The fourth-order valence-corrected chi connectivity index (χ4v) is 2.35. The molecule has 0 fully saturated rings. The van der Waals surface area contributed by atoms with Gasteiger partial charge in [-0.3, -0.25) is 0 Å². The monoisotopic (exact) mass is 249 g/mol. The van der Waals surface area contributed by atoms with Crippen molar-refractivity contribution in [3.05, 3.63) is 71.8 Å². The molecule has 0 saturated carbocycles. The van der Waals surface area contributed by atoms with Crippen molar-refractivity contribution < 1.29 is 5.11 Å². The van der Waals surface area contributed by atoms with Gasteiger partial charge >= 0.3 is 0 Å². The van der Waals surface area contributed by atoms with Crippen LogP contribution < -0.4 is 5.73 Å². The van der Waals surface area contributed by atoms with E-state index in [9.17, 15) is 5.11 Å². The SMILES string of the molecule is Nc1ccc(Cc2c(O)ccc3ccccc23)cc1. The predicted octanol–water partition coefficient (Wildman–Crippen LogP) is 3.72. The molecule has 3 N–H and O–H groups in total. The number of phenols is 1. The van der Waals surface area contributed by atoms with E-state index < -0.39 is 0 Å². The van der Waals surface area contributed by atoms with Gasteiger partial charge in [0.25, 0.3) is 0 Å². The number of phenolic OH excluding ortho intramolecular Hbond substituents is 1. The maximum atomic E-state index is 10.1. The Morgan fingerprint density at radius 2 is 1.58 bits per heavy atom. The molecule has 0 aliphatic rings. The smallest absolute Gasteiger partial charge is 0.119 e. The number of benzene rings is 3. The van der Waals surface area contributed by atoms with Crippen molar-refractivity contribution in [3.8, 4) is 5.75 Å². The Morgan fingerprint density at radius 3 is 2.37 bits per heavy atom. The lowest BCUT2D eigenvalue weighted by atomic mass is 9.97. The molecule has 0 aliphatic heterocycles. The molecule has 3 aromatic rings. The van der Waals surface area contributed by atoms with Crippen LogP contribution in [0.15, 0.2) is 60.7 Å². The van der Waals surface area contributed by atoms with Gasteiger partial charge in [0, 0.05) is 17.7 Å². The van der Waals surface area contributed by atoms with E-state index in [1.54, 1.807) is 6.07 Å². The first-order chi connectivity index (χ1) is 9.24. The van der Waals surface area contributed by atoms with Crippen molar-refractivity contribution in [1.82, 2.24) is 0 Å². The van der Waals surface area contributed by atoms with Crippen LogP contribution in [0.3, 0.4) is 0 Å². The number of rotatable bonds is 2. The van der Waals surface area contributed by atoms with Crippen LogP contribution in [0.25, 0.3) is 10.8 Å². The zero-order valence-electron chi connectivity index (χ0n) is 10.5. The molecule has 0 bridgehead atoms. The summed E-state index contributed by atoms with van der Waals surface area (Å²) in [5, 5.41) is 12.3. The number of nitrogen functional groups attached to an aromatic ring is 1. The zero-order chi connectivity index (χ0) is 13.2. The molecule has 3 aromatic carbocycles. The summed E-state index contributed by atoms with van der Waals surface area (Å²) in [6.07, 6.45) is 0.702. The Hall–Kier alpha value is -2.48. The standard InChI is InChI=1S/C17H15NO/c18-14-8-5-12(6-9-14)11-16-15-4-2-1-3-13(15)7-10-17(16)19/h1-10,19H,11,18H2. The molecular formula is C17H15NO. The number of hydrogen-bond donors (Lipinski definition) is 2. The van der Waals surface area contributed by atoms with Crippen molar-refractivity contribution in [2.45, 2.75) is 6.42 Å². The van der Waals surface area contributed by atoms with Crippen LogP contribution in [0.1, 0.15) is 11.1 Å². The van der Waals surface area contributed by atoms with Gasteiger partial charge in [-0.25, -0.2) is 0 Å². The third-order valence-electron chi connectivity index (χ3n) is 3.38. The van der Waals surface area contributed by atoms with E-state index in [1.165, 1.54) is 0 Å². The second-order valence-electron chi connectivity index (χ2n) is 4.70. The molecule has 0 aromatic heterocycles. The normalized spacial score (nSPS) is 10.7. The van der Waals surface area contributed by atoms with Gasteiger partial charge < -0.3 is 10.8 Å². The highest BCUT2D eigenvalue weighted by atomic mass is 16.3. The third-order valence-corrected chi connectivity index (χ3v) is 3.38. The fraction of sp³-hybridized carbons (Fsp3) is 0.0588. The molecule has 2 heteroatoms. The molecule has 0 atom stereocenters. The second-order valence-corrected chi connectivity index (χ2v) is 4.70. The van der Waals surface area contributed by atoms with Gasteiger partial charge in [0.05, 0.1) is 0 Å². The lowest BCUT2D eigenvalue weighted by molar-refractivity contribution is 0.470. The van der Waals surface area contributed by atoms with Crippen molar-refractivity contribution in [3.63, 3.8) is 0 Å². The van der Waals surface area contributed by atoms with Gasteiger partial charge in [-0.1, -0.05) is 42.5 Å². The molecule has 94 valence electrons. The maximum absolute atomic E-state index is 10.1. The van der Waals surface area contributed by atoms with Gasteiger partial charge in [-0.05, 0) is 34.5 Å². The highest BCUT2D eigenvalue weighted by molar-refractivity contribution is 5.88. The van der Waals surface area contributed by atoms with Crippen LogP contribution in [-0.4, -0.2) is 5.11 Å². The van der Waals surface area contributed by atoms with Crippen LogP contribution in [0, 0.1) is 0 Å². The molecule has 0 aliphatic carbocycles. The van der Waals surface area contributed by atoms with E-state index in [-0.39, 0.29) is 0 Å². The van der Waals surface area contributed by atoms with Gasteiger partial charge in [0.2, 0.25) is 0 Å². The van der Waals surface area contributed by atoms with E-state index in [0.717, 1.165) is 27.6 Å². The van der Waals surface area contributed by atoms with Gasteiger partial charge in [0.1, 0.15) is 5.75 Å². The first-order valence-corrected chi connectivity index (χ1v) is 6.28. The average Bonchev–Trinajstić information content (AvgIpc) is 2.44. The van der Waals surface area contributed by atoms with Gasteiger partial charge in [0.15, 0.2) is 0 Å². The molecule has 0 unspecified atom stereocenters. The minimum absolute atomic E-state index is 0.343. The van der Waals surface area contributed by atoms with Crippen molar-refractivity contribution >= 4 is 16.5 Å². The summed E-state index contributed by atoms with van der Waals surface area (Å²) in [5.41, 5.74) is 8.55. The summed E-state index contributed by atoms with van der Waals surface area (Å²) in [7, 11) is 0. The van der Waals surface area contributed by atoms with Crippen LogP contribution in [0.5, 0.6) is 5.75 Å². The molecule has 0 saturated heterocycles. The summed E-state index contributed by atoms with van der Waals surface area (Å²) < 4.78 is 0. The second kappa shape index (κ2) is 4.65. The summed E-state index contributed by atoms with van der Waals surface area (Å²) in [6.45, 7) is 0. The Balaban J connectivity index is 2.09. The van der Waals surface area contributed by atoms with E-state index in [2.05, 4.69) is 6.07 Å². The maximum Gasteiger partial charge on any atom is 0.119 e. The van der Waals surface area contributed by atoms with Gasteiger partial charge in [-0.2, -0.15) is 0 Å². The molecule has 19 heavy (non-hydrogen) atoms. The number of aromatic hydroxyl groups is 1. The average molecular weight is 249 g/mol. The van der Waals surface area contributed by atoms with E-state index in [4.69, 9.17) is 5.73 Å². The van der Waals surface area contributed by atoms with Crippen LogP contribution in [-0.2, 0) is 6.42 Å². The lowest BCUT2D eigenvalue weighted by Gasteiger charge is -2.09. The first-order valence-electron chi connectivity index (χ1n) is 6.28. The zero-order valence-corrected chi connectivity index (χ0v) is 10.5. The minimum Gasteiger partial charge on any atom is -0.508 e. The molecule has 2 nitrogen and oxygen atoms in total. The molecule has 0 heterocycles. The molecule has 3 rings (SSSR count). The Kier molecular flexibility index (Phi) is 2.84. The third kappa shape index (κ3) is 2.25. The number of anilines is 1. The highest BCUT2D eigenvalue weighted by Gasteiger charge is 2.07. The number of nitrogens with two attached hydrogens (primary N) is 1. The fourth-order valence-electron chi connectivity index (χ4n) is 2.35. The summed E-state index contributed by atoms with van der Waals surface area (Å²) >= 11 is 0. The predicted molar refractivity (Wildman–Crippen MR) is 79.3 cm³/mol. The van der Waals surface area contributed by atoms with Crippen LogP contribution >= 0.6 is 0 Å². The van der Waals surface area contributed by atoms with Crippen molar-refractivity contribution in [1.29, 1.82) is 0 Å². The number of hydrogen-bond acceptors (Lipinski definition) is 2. The van der Waals surface area contributed by atoms with Crippen LogP contribution in [0.2, 0.25) is 0 Å². The molecular weight excluding hydrogens is 234 g/mol. The largest absolute Gasteiger partial charge is 0.508 e. The van der Waals surface area contributed by atoms with Crippen LogP contribution in [0.4, 0.5) is 5.69 Å². The summed E-state index contributed by atoms with van der Waals surface area (Å²) in [5.74, 6) is 0.343. The lowest BCUT2D eigenvalue weighted by Crippen LogP contribution is -1.92. The topological polar surface area (TPSA) is 46.2 Å². The van der Waals surface area contributed by atoms with E-state index in [1.807, 2.05) is 48.5 Å². The highest BCUT2D eigenvalue weighted by Crippen LogP contribution is 2.29. The summed E-state index contributed by atoms with van der Waals surface area (Å²) in [4.78, 5) is 0. The summed E-state index contributed by atoms with van der Waals surface area (Å²) in [6, 6.07) is 19.6. The van der Waals surface area contributed by atoms with E-state index >= 15 is 0 Å². The minimum atomic E-state index is 0.343. The van der Waals surface area contributed by atoms with Crippen molar-refractivity contribution in [2.75, 3.05) is 5.73 Å². The molecule has 0 radical (unpaired) electrons. The molecule has 0 amide bonds.